The topological polar surface area (TPSA) is 85.1 Å². The summed E-state index contributed by atoms with van der Waals surface area (Å²) in [6.07, 6.45) is 1.43. The largest absolute Gasteiger partial charge is 0.398 e. The maximum atomic E-state index is 13.7. The van der Waals surface area contributed by atoms with Crippen LogP contribution in [0.25, 0.3) is 0 Å². The van der Waals surface area contributed by atoms with Crippen LogP contribution in [0.3, 0.4) is 0 Å². The minimum atomic E-state index is -4.05. The van der Waals surface area contributed by atoms with Gasteiger partial charge in [-0.3, -0.25) is 4.72 Å². The molecule has 19 heavy (non-hydrogen) atoms. The molecule has 0 saturated heterocycles. The highest BCUT2D eigenvalue weighted by Crippen LogP contribution is 2.23. The van der Waals surface area contributed by atoms with Crippen LogP contribution < -0.4 is 10.5 Å². The summed E-state index contributed by atoms with van der Waals surface area (Å²) in [5.74, 6) is -0.740. The second kappa shape index (κ2) is 4.85. The summed E-state index contributed by atoms with van der Waals surface area (Å²) in [5.41, 5.74) is 6.30. The van der Waals surface area contributed by atoms with E-state index in [1.54, 1.807) is 19.1 Å². The third kappa shape index (κ3) is 2.82. The molecule has 100 valence electrons. The lowest BCUT2D eigenvalue weighted by Crippen LogP contribution is -2.16. The minimum absolute atomic E-state index is 0.112. The molecule has 0 unspecified atom stereocenters. The number of nitrogens with zero attached hydrogens (tertiary/aromatic N) is 1. The van der Waals surface area contributed by atoms with E-state index in [2.05, 4.69) is 9.71 Å². The van der Waals surface area contributed by atoms with E-state index in [1.807, 2.05) is 0 Å². The van der Waals surface area contributed by atoms with Gasteiger partial charge in [-0.05, 0) is 36.8 Å². The number of aromatic nitrogens is 1. The fraction of sp³-hybridized carbons (Fsp3) is 0.0833. The van der Waals surface area contributed by atoms with E-state index in [9.17, 15) is 12.8 Å². The summed E-state index contributed by atoms with van der Waals surface area (Å²) >= 11 is 0. The van der Waals surface area contributed by atoms with Crippen molar-refractivity contribution < 1.29 is 12.8 Å². The zero-order valence-electron chi connectivity index (χ0n) is 10.1. The molecule has 0 radical (unpaired) electrons. The van der Waals surface area contributed by atoms with E-state index >= 15 is 0 Å². The molecule has 0 saturated carbocycles. The van der Waals surface area contributed by atoms with Gasteiger partial charge in [0.2, 0.25) is 0 Å². The van der Waals surface area contributed by atoms with Crippen LogP contribution in [0.5, 0.6) is 0 Å². The molecule has 1 aromatic heterocycles. The Hall–Kier alpha value is -2.15. The molecule has 0 spiro atoms. The maximum absolute atomic E-state index is 13.7. The predicted molar refractivity (Wildman–Crippen MR) is 70.6 cm³/mol. The summed E-state index contributed by atoms with van der Waals surface area (Å²) in [6, 6.07) is 6.90. The Morgan fingerprint density at radius 1 is 1.32 bits per heavy atom. The minimum Gasteiger partial charge on any atom is -0.398 e. The first kappa shape index (κ1) is 13.3. The second-order valence-electron chi connectivity index (χ2n) is 3.96. The van der Waals surface area contributed by atoms with Crippen LogP contribution >= 0.6 is 0 Å². The monoisotopic (exact) mass is 281 g/mol. The van der Waals surface area contributed by atoms with E-state index in [1.165, 1.54) is 12.3 Å². The molecule has 1 aromatic carbocycles. The molecule has 0 fully saturated rings. The quantitative estimate of drug-likeness (QED) is 0.842. The first-order valence-electron chi connectivity index (χ1n) is 5.39. The molecule has 3 N–H and O–H groups in total. The van der Waals surface area contributed by atoms with Crippen LogP contribution in [-0.2, 0) is 10.0 Å². The maximum Gasteiger partial charge on any atom is 0.266 e. The summed E-state index contributed by atoms with van der Waals surface area (Å²) < 4.78 is 40.0. The van der Waals surface area contributed by atoms with Gasteiger partial charge in [0.05, 0.1) is 0 Å². The number of pyridine rings is 1. The van der Waals surface area contributed by atoms with Crippen molar-refractivity contribution in [3.63, 3.8) is 0 Å². The van der Waals surface area contributed by atoms with Crippen molar-refractivity contribution in [1.82, 2.24) is 4.98 Å². The number of nitrogens with two attached hydrogens (primary N) is 1. The smallest absolute Gasteiger partial charge is 0.266 e. The van der Waals surface area contributed by atoms with Gasteiger partial charge in [-0.2, -0.15) is 0 Å². The number of hydrogen-bond acceptors (Lipinski definition) is 4. The van der Waals surface area contributed by atoms with Gasteiger partial charge in [0, 0.05) is 11.9 Å². The molecule has 0 atom stereocenters. The first-order valence-corrected chi connectivity index (χ1v) is 6.88. The molecule has 2 aromatic rings. The van der Waals surface area contributed by atoms with Crippen molar-refractivity contribution in [1.29, 1.82) is 0 Å². The highest BCUT2D eigenvalue weighted by atomic mass is 32.2. The molecule has 2 rings (SSSR count). The van der Waals surface area contributed by atoms with Gasteiger partial charge < -0.3 is 5.73 Å². The summed E-state index contributed by atoms with van der Waals surface area (Å²) in [4.78, 5) is 3.32. The highest BCUT2D eigenvalue weighted by molar-refractivity contribution is 7.92. The molecular weight excluding hydrogens is 269 g/mol. The van der Waals surface area contributed by atoms with Crippen molar-refractivity contribution in [3.8, 4) is 0 Å². The van der Waals surface area contributed by atoms with E-state index in [4.69, 9.17) is 5.73 Å². The van der Waals surface area contributed by atoms with Gasteiger partial charge in [-0.25, -0.2) is 17.8 Å². The molecule has 5 nitrogen and oxygen atoms in total. The van der Waals surface area contributed by atoms with Crippen molar-refractivity contribution in [3.05, 3.63) is 47.9 Å². The molecular formula is C12H12FN3O2S. The fourth-order valence-corrected chi connectivity index (χ4v) is 2.59. The van der Waals surface area contributed by atoms with Crippen LogP contribution in [0, 0.1) is 12.7 Å². The van der Waals surface area contributed by atoms with Gasteiger partial charge in [-0.1, -0.05) is 6.07 Å². The Kier molecular flexibility index (Phi) is 3.39. The lowest BCUT2D eigenvalue weighted by Gasteiger charge is -2.10. The third-order valence-electron chi connectivity index (χ3n) is 2.51. The molecule has 0 aliphatic heterocycles. The summed E-state index contributed by atoms with van der Waals surface area (Å²) in [6.45, 7) is 1.60. The standard InChI is InChI=1S/C12H12FN3O2S/c1-8-6-9(13)11(7-10(8)14)19(17,18)16-12-4-2-3-5-15-12/h2-7H,14H2,1H3,(H,15,16). The molecule has 0 bridgehead atoms. The van der Waals surface area contributed by atoms with E-state index < -0.39 is 20.7 Å². The van der Waals surface area contributed by atoms with Gasteiger partial charge in [0.1, 0.15) is 16.5 Å². The van der Waals surface area contributed by atoms with Crippen molar-refractivity contribution in [2.45, 2.75) is 11.8 Å². The average Bonchev–Trinajstić information content (AvgIpc) is 2.34. The average molecular weight is 281 g/mol. The van der Waals surface area contributed by atoms with Crippen LogP contribution in [0.1, 0.15) is 5.56 Å². The molecule has 7 heteroatoms. The van der Waals surface area contributed by atoms with Crippen molar-refractivity contribution in [2.24, 2.45) is 0 Å². The van der Waals surface area contributed by atoms with Gasteiger partial charge in [0.25, 0.3) is 10.0 Å². The van der Waals surface area contributed by atoms with Crippen LogP contribution in [-0.4, -0.2) is 13.4 Å². The van der Waals surface area contributed by atoms with Gasteiger partial charge in [0.15, 0.2) is 0 Å². The number of anilines is 2. The number of hydrogen-bond donors (Lipinski definition) is 2. The Morgan fingerprint density at radius 3 is 2.68 bits per heavy atom. The van der Waals surface area contributed by atoms with Gasteiger partial charge >= 0.3 is 0 Å². The Balaban J connectivity index is 2.43. The summed E-state index contributed by atoms with van der Waals surface area (Å²) in [7, 11) is -4.05. The third-order valence-corrected chi connectivity index (χ3v) is 3.88. The van der Waals surface area contributed by atoms with E-state index in [-0.39, 0.29) is 11.5 Å². The summed E-state index contributed by atoms with van der Waals surface area (Å²) in [5, 5.41) is 0. The predicted octanol–water partition coefficient (Wildman–Crippen LogP) is 1.91. The van der Waals surface area contributed by atoms with E-state index in [0.717, 1.165) is 12.1 Å². The van der Waals surface area contributed by atoms with Crippen LogP contribution in [0.4, 0.5) is 15.9 Å². The number of aryl methyl sites for hydroxylation is 1. The number of benzene rings is 1. The highest BCUT2D eigenvalue weighted by Gasteiger charge is 2.20. The SMILES string of the molecule is Cc1cc(F)c(S(=O)(=O)Nc2ccccn2)cc1N. The van der Waals surface area contributed by atoms with Crippen LogP contribution in [0.2, 0.25) is 0 Å². The van der Waals surface area contributed by atoms with E-state index in [0.29, 0.717) is 5.56 Å². The Bertz CT molecular complexity index is 702. The molecule has 0 aliphatic rings. The lowest BCUT2D eigenvalue weighted by molar-refractivity contribution is 0.570. The first-order chi connectivity index (χ1) is 8.90. The van der Waals surface area contributed by atoms with Crippen molar-refractivity contribution in [2.75, 3.05) is 10.5 Å². The lowest BCUT2D eigenvalue weighted by atomic mass is 10.2. The molecule has 1 heterocycles. The van der Waals surface area contributed by atoms with Crippen LogP contribution in [0.15, 0.2) is 41.4 Å². The number of nitrogens with one attached hydrogen (secondary N) is 1. The second-order valence-corrected chi connectivity index (χ2v) is 5.61. The normalized spacial score (nSPS) is 11.3. The zero-order valence-corrected chi connectivity index (χ0v) is 10.9. The number of halogens is 1. The number of sulfonamides is 1. The zero-order chi connectivity index (χ0) is 14.0. The Labute approximate surface area is 110 Å². The number of nitrogen functional groups attached to an aromatic ring is 1. The number of rotatable bonds is 3. The molecule has 0 aliphatic carbocycles. The fourth-order valence-electron chi connectivity index (χ4n) is 1.49. The molecule has 0 amide bonds. The van der Waals surface area contributed by atoms with Crippen molar-refractivity contribution >= 4 is 21.5 Å². The Morgan fingerprint density at radius 2 is 2.05 bits per heavy atom. The van der Waals surface area contributed by atoms with Gasteiger partial charge in [-0.15, -0.1) is 0 Å².